The molecule has 0 bridgehead atoms. The molecule has 1 rings (SSSR count). The van der Waals surface area contributed by atoms with Gasteiger partial charge in [0.15, 0.2) is 0 Å². The molecule has 17 heavy (non-hydrogen) atoms. The number of carbonyl (C=O) groups is 1. The summed E-state index contributed by atoms with van der Waals surface area (Å²) in [6.07, 6.45) is -5.14. The highest BCUT2D eigenvalue weighted by Crippen LogP contribution is 2.39. The van der Waals surface area contributed by atoms with Crippen molar-refractivity contribution in [2.45, 2.75) is 24.4 Å². The van der Waals surface area contributed by atoms with Crippen LogP contribution in [-0.2, 0) is 17.4 Å². The zero-order valence-corrected chi connectivity index (χ0v) is 9.86. The summed E-state index contributed by atoms with van der Waals surface area (Å²) in [5, 5.41) is 8.60. The summed E-state index contributed by atoms with van der Waals surface area (Å²) in [6.45, 7) is 1.74. The van der Waals surface area contributed by atoms with Crippen molar-refractivity contribution in [1.82, 2.24) is 0 Å². The van der Waals surface area contributed by atoms with E-state index >= 15 is 0 Å². The van der Waals surface area contributed by atoms with Crippen LogP contribution < -0.4 is 0 Å². The van der Waals surface area contributed by atoms with Crippen molar-refractivity contribution in [3.05, 3.63) is 29.3 Å². The molecule has 6 heteroatoms. The van der Waals surface area contributed by atoms with Gasteiger partial charge in [0.2, 0.25) is 0 Å². The topological polar surface area (TPSA) is 37.3 Å². The van der Waals surface area contributed by atoms with Crippen molar-refractivity contribution in [1.29, 1.82) is 0 Å². The number of thioether (sulfide) groups is 1. The first-order chi connectivity index (χ1) is 7.86. The predicted octanol–water partition coefficient (Wildman–Crippen LogP) is 3.44. The molecule has 0 aliphatic rings. The Balaban J connectivity index is 3.29. The normalized spacial score (nSPS) is 11.5. The van der Waals surface area contributed by atoms with E-state index in [-0.39, 0.29) is 10.5 Å². The van der Waals surface area contributed by atoms with Gasteiger partial charge >= 0.3 is 12.1 Å². The van der Waals surface area contributed by atoms with Crippen LogP contribution in [0.15, 0.2) is 23.1 Å². The molecule has 0 radical (unpaired) electrons. The van der Waals surface area contributed by atoms with Crippen molar-refractivity contribution in [3.8, 4) is 0 Å². The van der Waals surface area contributed by atoms with Crippen molar-refractivity contribution >= 4 is 17.7 Å². The third kappa shape index (κ3) is 3.66. The predicted molar refractivity (Wildman–Crippen MR) is 59.2 cm³/mol. The standard InChI is InChI=1S/C11H11F3O2S/c1-2-17-8-5-3-4-7(6-9(15)16)10(8)11(12,13)14/h3-5H,2,6H2,1H3,(H,15,16). The maximum atomic E-state index is 12.9. The fourth-order valence-electron chi connectivity index (χ4n) is 1.48. The summed E-state index contributed by atoms with van der Waals surface area (Å²) in [5.74, 6) is -0.770. The van der Waals surface area contributed by atoms with Crippen LogP contribution in [0.4, 0.5) is 13.2 Å². The van der Waals surface area contributed by atoms with Crippen LogP contribution in [0.25, 0.3) is 0 Å². The van der Waals surface area contributed by atoms with Crippen LogP contribution in [0, 0.1) is 0 Å². The Hall–Kier alpha value is -1.17. The number of carboxylic acids is 1. The van der Waals surface area contributed by atoms with Gasteiger partial charge in [0.05, 0.1) is 12.0 Å². The highest BCUT2D eigenvalue weighted by molar-refractivity contribution is 7.99. The first kappa shape index (κ1) is 13.9. The van der Waals surface area contributed by atoms with Crippen LogP contribution in [0.2, 0.25) is 0 Å². The smallest absolute Gasteiger partial charge is 0.417 e. The van der Waals surface area contributed by atoms with Gasteiger partial charge < -0.3 is 5.11 Å². The van der Waals surface area contributed by atoms with Gasteiger partial charge in [-0.1, -0.05) is 19.1 Å². The lowest BCUT2D eigenvalue weighted by atomic mass is 10.0. The molecule has 1 N–H and O–H groups in total. The third-order valence-electron chi connectivity index (χ3n) is 2.04. The SMILES string of the molecule is CCSc1cccc(CC(=O)O)c1C(F)(F)F. The number of alkyl halides is 3. The highest BCUT2D eigenvalue weighted by atomic mass is 32.2. The van der Waals surface area contributed by atoms with Gasteiger partial charge in [-0.15, -0.1) is 11.8 Å². The van der Waals surface area contributed by atoms with Crippen molar-refractivity contribution in [2.75, 3.05) is 5.75 Å². The number of benzene rings is 1. The summed E-state index contributed by atoms with van der Waals surface area (Å²) in [5.41, 5.74) is -1.02. The Morgan fingerprint density at radius 3 is 2.53 bits per heavy atom. The molecule has 2 nitrogen and oxygen atoms in total. The number of hydrogen-bond donors (Lipinski definition) is 1. The molecule has 0 aromatic heterocycles. The van der Waals surface area contributed by atoms with Gasteiger partial charge in [-0.3, -0.25) is 4.79 Å². The zero-order chi connectivity index (χ0) is 13.1. The molecule has 0 atom stereocenters. The van der Waals surface area contributed by atoms with Gasteiger partial charge in [0, 0.05) is 4.90 Å². The molecule has 0 spiro atoms. The first-order valence-electron chi connectivity index (χ1n) is 4.90. The molecule has 1 aromatic carbocycles. The lowest BCUT2D eigenvalue weighted by molar-refractivity contribution is -0.141. The quantitative estimate of drug-likeness (QED) is 0.846. The largest absolute Gasteiger partial charge is 0.481 e. The fraction of sp³-hybridized carbons (Fsp3) is 0.364. The molecule has 1 aromatic rings. The molecule has 0 amide bonds. The monoisotopic (exact) mass is 264 g/mol. The second-order valence-electron chi connectivity index (χ2n) is 3.29. The number of carboxylic acid groups (broad SMARTS) is 1. The fourth-order valence-corrected chi connectivity index (χ4v) is 2.36. The van der Waals surface area contributed by atoms with E-state index in [0.29, 0.717) is 5.75 Å². The average molecular weight is 264 g/mol. The average Bonchev–Trinajstić information content (AvgIpc) is 2.15. The molecule has 0 fully saturated rings. The zero-order valence-electron chi connectivity index (χ0n) is 9.04. The molecule has 0 heterocycles. The van der Waals surface area contributed by atoms with E-state index in [2.05, 4.69) is 0 Å². The maximum absolute atomic E-state index is 12.9. The Morgan fingerprint density at radius 1 is 1.41 bits per heavy atom. The van der Waals surface area contributed by atoms with E-state index in [0.717, 1.165) is 11.8 Å². The first-order valence-corrected chi connectivity index (χ1v) is 5.88. The van der Waals surface area contributed by atoms with Crippen LogP contribution in [0.3, 0.4) is 0 Å². The number of halogens is 3. The summed E-state index contributed by atoms with van der Waals surface area (Å²) in [7, 11) is 0. The van der Waals surface area contributed by atoms with E-state index in [4.69, 9.17) is 5.11 Å². The van der Waals surface area contributed by atoms with Crippen molar-refractivity contribution in [2.24, 2.45) is 0 Å². The van der Waals surface area contributed by atoms with E-state index in [1.54, 1.807) is 6.92 Å². The van der Waals surface area contributed by atoms with Crippen molar-refractivity contribution < 1.29 is 23.1 Å². The van der Waals surface area contributed by atoms with Gasteiger partial charge in [-0.25, -0.2) is 0 Å². The highest BCUT2D eigenvalue weighted by Gasteiger charge is 2.36. The molecular weight excluding hydrogens is 253 g/mol. The summed E-state index contributed by atoms with van der Waals surface area (Å²) >= 11 is 1.06. The third-order valence-corrected chi connectivity index (χ3v) is 2.98. The maximum Gasteiger partial charge on any atom is 0.417 e. The Bertz CT molecular complexity index is 416. The van der Waals surface area contributed by atoms with Gasteiger partial charge in [0.25, 0.3) is 0 Å². The Kier molecular flexibility index (Phi) is 4.45. The van der Waals surface area contributed by atoms with Crippen LogP contribution in [0.5, 0.6) is 0 Å². The molecule has 0 saturated carbocycles. The van der Waals surface area contributed by atoms with E-state index in [1.807, 2.05) is 0 Å². The van der Waals surface area contributed by atoms with E-state index in [1.165, 1.54) is 18.2 Å². The van der Waals surface area contributed by atoms with Crippen LogP contribution in [0.1, 0.15) is 18.1 Å². The summed E-state index contributed by atoms with van der Waals surface area (Å²) < 4.78 is 38.6. The molecule has 0 aliphatic heterocycles. The number of aliphatic carboxylic acids is 1. The second-order valence-corrected chi connectivity index (χ2v) is 4.60. The molecular formula is C11H11F3O2S. The minimum atomic E-state index is -4.52. The molecule has 0 aliphatic carbocycles. The van der Waals surface area contributed by atoms with E-state index in [9.17, 15) is 18.0 Å². The van der Waals surface area contributed by atoms with Crippen LogP contribution >= 0.6 is 11.8 Å². The number of hydrogen-bond acceptors (Lipinski definition) is 2. The molecule has 94 valence electrons. The van der Waals surface area contributed by atoms with E-state index < -0.39 is 24.1 Å². The van der Waals surface area contributed by atoms with Gasteiger partial charge in [-0.05, 0) is 17.4 Å². The second kappa shape index (κ2) is 5.44. The minimum Gasteiger partial charge on any atom is -0.481 e. The van der Waals surface area contributed by atoms with Crippen LogP contribution in [-0.4, -0.2) is 16.8 Å². The summed E-state index contributed by atoms with van der Waals surface area (Å²) in [4.78, 5) is 10.6. The Morgan fingerprint density at radius 2 is 2.06 bits per heavy atom. The molecule has 0 saturated heterocycles. The summed E-state index contributed by atoms with van der Waals surface area (Å²) in [6, 6.07) is 4.02. The minimum absolute atomic E-state index is 0.0822. The lowest BCUT2D eigenvalue weighted by Crippen LogP contribution is -2.13. The lowest BCUT2D eigenvalue weighted by Gasteiger charge is -2.15. The van der Waals surface area contributed by atoms with Gasteiger partial charge in [0.1, 0.15) is 0 Å². The molecule has 0 unspecified atom stereocenters. The number of rotatable bonds is 4. The Labute approximate surface area is 101 Å². The van der Waals surface area contributed by atoms with Gasteiger partial charge in [-0.2, -0.15) is 13.2 Å². The van der Waals surface area contributed by atoms with Crippen molar-refractivity contribution in [3.63, 3.8) is 0 Å².